The van der Waals surface area contributed by atoms with Crippen LogP contribution in [0.5, 0.6) is 0 Å². The molecule has 1 N–H and O–H groups in total. The van der Waals surface area contributed by atoms with Crippen LogP contribution in [0.2, 0.25) is 0 Å². The smallest absolute Gasteiger partial charge is 0.313 e. The Bertz CT molecular complexity index is 711. The number of carbonyl (C=O) groups is 1. The lowest BCUT2D eigenvalue weighted by Gasteiger charge is -2.03. The second kappa shape index (κ2) is 4.69. The van der Waals surface area contributed by atoms with Crippen LogP contribution in [0.1, 0.15) is 27.2 Å². The molecule has 0 unspecified atom stereocenters. The van der Waals surface area contributed by atoms with Crippen molar-refractivity contribution in [3.05, 3.63) is 48.7 Å². The molecule has 0 radical (unpaired) electrons. The lowest BCUT2D eigenvalue weighted by atomic mass is 10.2. The van der Waals surface area contributed by atoms with Gasteiger partial charge in [0.2, 0.25) is 0 Å². The van der Waals surface area contributed by atoms with Gasteiger partial charge in [-0.2, -0.15) is 0 Å². The Morgan fingerprint density at radius 1 is 1.50 bits per heavy atom. The number of rotatable bonds is 3. The highest BCUT2D eigenvalue weighted by Gasteiger charge is 2.12. The van der Waals surface area contributed by atoms with Crippen molar-refractivity contribution in [3.63, 3.8) is 0 Å². The zero-order valence-electron chi connectivity index (χ0n) is 9.89. The first kappa shape index (κ1) is 12.4. The number of Topliss-reactive ketones (excluding diaryl/α,β-unsaturated/α-hetero) is 1. The second-order valence-corrected chi connectivity index (χ2v) is 5.14. The van der Waals surface area contributed by atoms with Crippen molar-refractivity contribution >= 4 is 17.1 Å². The van der Waals surface area contributed by atoms with E-state index in [1.165, 1.54) is 18.3 Å². The van der Waals surface area contributed by atoms with E-state index in [2.05, 4.69) is 9.97 Å². The zero-order valence-corrected chi connectivity index (χ0v) is 10.7. The molecule has 0 spiro atoms. The van der Waals surface area contributed by atoms with Gasteiger partial charge in [0.05, 0.1) is 12.1 Å². The number of aryl methyl sites for hydroxylation is 1. The fourth-order valence-electron chi connectivity index (χ4n) is 1.52. The van der Waals surface area contributed by atoms with Crippen LogP contribution in [0.4, 0.5) is 0 Å². The first-order chi connectivity index (χ1) is 8.49. The Hall–Kier alpha value is -2.02. The van der Waals surface area contributed by atoms with Gasteiger partial charge in [0.25, 0.3) is 5.56 Å². The molecule has 18 heavy (non-hydrogen) atoms. The molecule has 0 aliphatic heterocycles. The molecule has 0 aromatic carbocycles. The van der Waals surface area contributed by atoms with E-state index >= 15 is 0 Å². The maximum atomic E-state index is 11.9. The molecule has 0 atom stereocenters. The number of carbonyl (C=O) groups excluding carboxylic acids is 1. The zero-order chi connectivity index (χ0) is 13.3. The van der Waals surface area contributed by atoms with Gasteiger partial charge >= 0.3 is 5.69 Å². The molecular weight excluding hydrogens is 254 g/mol. The number of aromatic amines is 1. The summed E-state index contributed by atoms with van der Waals surface area (Å²) in [6.45, 7) is 3.25. The first-order valence-corrected chi connectivity index (χ1v) is 6.05. The minimum absolute atomic E-state index is 0.0251. The summed E-state index contributed by atoms with van der Waals surface area (Å²) >= 11 is 1.41. The molecule has 2 aromatic rings. The third-order valence-corrected chi connectivity index (χ3v) is 3.30. The highest BCUT2D eigenvalue weighted by atomic mass is 32.1. The standard InChI is InChI=1S/C11H11N3O3S/c1-6-3-12-9(18-6)5-14-10(16)8(7(2)15)4-13-11(14)17/h3-4H,5H2,1-2H3,(H,13,17). The van der Waals surface area contributed by atoms with Gasteiger partial charge in [-0.25, -0.2) is 9.78 Å². The molecule has 94 valence electrons. The van der Waals surface area contributed by atoms with Crippen LogP contribution in [0.25, 0.3) is 0 Å². The Kier molecular flexibility index (Phi) is 3.24. The van der Waals surface area contributed by atoms with E-state index < -0.39 is 11.2 Å². The Morgan fingerprint density at radius 3 is 2.78 bits per heavy atom. The van der Waals surface area contributed by atoms with Gasteiger partial charge in [-0.3, -0.25) is 14.2 Å². The number of H-pyrrole nitrogens is 1. The number of aromatic nitrogens is 3. The summed E-state index contributed by atoms with van der Waals surface area (Å²) in [5.41, 5.74) is -1.15. The van der Waals surface area contributed by atoms with Gasteiger partial charge < -0.3 is 4.98 Å². The lowest BCUT2D eigenvalue weighted by Crippen LogP contribution is -2.37. The topological polar surface area (TPSA) is 84.8 Å². The lowest BCUT2D eigenvalue weighted by molar-refractivity contribution is 0.101. The van der Waals surface area contributed by atoms with E-state index in [0.717, 1.165) is 15.6 Å². The molecule has 0 aliphatic rings. The Balaban J connectivity index is 2.50. The molecular formula is C11H11N3O3S. The van der Waals surface area contributed by atoms with Crippen molar-refractivity contribution < 1.29 is 4.79 Å². The van der Waals surface area contributed by atoms with E-state index in [9.17, 15) is 14.4 Å². The molecule has 0 amide bonds. The summed E-state index contributed by atoms with van der Waals surface area (Å²) in [4.78, 5) is 42.2. The van der Waals surface area contributed by atoms with E-state index in [0.29, 0.717) is 5.01 Å². The normalized spacial score (nSPS) is 10.6. The number of nitrogens with one attached hydrogen (secondary N) is 1. The molecule has 2 heterocycles. The third kappa shape index (κ3) is 2.30. The summed E-state index contributed by atoms with van der Waals surface area (Å²) in [7, 11) is 0. The Morgan fingerprint density at radius 2 is 2.22 bits per heavy atom. The van der Waals surface area contributed by atoms with Crippen LogP contribution >= 0.6 is 11.3 Å². The minimum atomic E-state index is -0.584. The average Bonchev–Trinajstić information content (AvgIpc) is 2.69. The van der Waals surface area contributed by atoms with Crippen LogP contribution in [-0.2, 0) is 6.54 Å². The Labute approximate surface area is 106 Å². The van der Waals surface area contributed by atoms with Crippen LogP contribution in [0.3, 0.4) is 0 Å². The molecule has 6 nitrogen and oxygen atoms in total. The predicted molar refractivity (Wildman–Crippen MR) is 67.3 cm³/mol. The molecule has 0 fully saturated rings. The van der Waals surface area contributed by atoms with Gasteiger partial charge in [0, 0.05) is 17.3 Å². The molecule has 0 bridgehead atoms. The summed E-state index contributed by atoms with van der Waals surface area (Å²) < 4.78 is 0.981. The third-order valence-electron chi connectivity index (χ3n) is 2.40. The fourth-order valence-corrected chi connectivity index (χ4v) is 2.29. The van der Waals surface area contributed by atoms with Gasteiger partial charge in [0.15, 0.2) is 5.78 Å². The predicted octanol–water partition coefficient (Wildman–Crippen LogP) is 0.552. The highest BCUT2D eigenvalue weighted by molar-refractivity contribution is 7.11. The molecule has 0 saturated heterocycles. The SMILES string of the molecule is CC(=O)c1c[nH]c(=O)n(Cc2ncc(C)s2)c1=O. The van der Waals surface area contributed by atoms with Crippen LogP contribution in [0, 0.1) is 6.92 Å². The molecule has 0 saturated carbocycles. The van der Waals surface area contributed by atoms with E-state index in [1.807, 2.05) is 6.92 Å². The quantitative estimate of drug-likeness (QED) is 0.821. The highest BCUT2D eigenvalue weighted by Crippen LogP contribution is 2.11. The molecule has 0 aliphatic carbocycles. The molecule has 2 rings (SSSR count). The second-order valence-electron chi connectivity index (χ2n) is 3.82. The molecule has 2 aromatic heterocycles. The van der Waals surface area contributed by atoms with Crippen molar-refractivity contribution in [3.8, 4) is 0 Å². The van der Waals surface area contributed by atoms with Crippen LogP contribution in [-0.4, -0.2) is 20.3 Å². The van der Waals surface area contributed by atoms with Crippen molar-refractivity contribution in [2.45, 2.75) is 20.4 Å². The monoisotopic (exact) mass is 265 g/mol. The summed E-state index contributed by atoms with van der Waals surface area (Å²) in [5.74, 6) is -0.375. The van der Waals surface area contributed by atoms with Gasteiger partial charge in [-0.05, 0) is 13.8 Å². The van der Waals surface area contributed by atoms with Crippen molar-refractivity contribution in [2.75, 3.05) is 0 Å². The van der Waals surface area contributed by atoms with E-state index in [4.69, 9.17) is 0 Å². The van der Waals surface area contributed by atoms with Crippen molar-refractivity contribution in [2.24, 2.45) is 0 Å². The summed E-state index contributed by atoms with van der Waals surface area (Å²) in [6.07, 6.45) is 2.82. The first-order valence-electron chi connectivity index (χ1n) is 5.24. The van der Waals surface area contributed by atoms with Crippen LogP contribution in [0.15, 0.2) is 22.0 Å². The van der Waals surface area contributed by atoms with Crippen molar-refractivity contribution in [1.29, 1.82) is 0 Å². The maximum absolute atomic E-state index is 11.9. The molecule has 7 heteroatoms. The van der Waals surface area contributed by atoms with Crippen LogP contribution < -0.4 is 11.2 Å². The summed E-state index contributed by atoms with van der Waals surface area (Å²) in [6, 6.07) is 0. The summed E-state index contributed by atoms with van der Waals surface area (Å²) in [5, 5.41) is 0.654. The van der Waals surface area contributed by atoms with Crippen molar-refractivity contribution in [1.82, 2.24) is 14.5 Å². The van der Waals surface area contributed by atoms with Gasteiger partial charge in [-0.15, -0.1) is 11.3 Å². The number of hydrogen-bond acceptors (Lipinski definition) is 5. The number of ketones is 1. The average molecular weight is 265 g/mol. The largest absolute Gasteiger partial charge is 0.328 e. The maximum Gasteiger partial charge on any atom is 0.328 e. The van der Waals surface area contributed by atoms with Gasteiger partial charge in [-0.1, -0.05) is 0 Å². The number of thiazole rings is 1. The minimum Gasteiger partial charge on any atom is -0.313 e. The van der Waals surface area contributed by atoms with E-state index in [1.54, 1.807) is 6.20 Å². The van der Waals surface area contributed by atoms with Gasteiger partial charge in [0.1, 0.15) is 5.01 Å². The fraction of sp³-hybridized carbons (Fsp3) is 0.273. The van der Waals surface area contributed by atoms with E-state index in [-0.39, 0.29) is 17.9 Å². The number of hydrogen-bond donors (Lipinski definition) is 1. The number of nitrogens with zero attached hydrogens (tertiary/aromatic N) is 2.